The molecule has 0 aliphatic heterocycles. The molecule has 0 saturated heterocycles. The van der Waals surface area contributed by atoms with Gasteiger partial charge in [-0.15, -0.1) is 0 Å². The van der Waals surface area contributed by atoms with Crippen LogP contribution in [0, 0.1) is 5.41 Å². The van der Waals surface area contributed by atoms with Gasteiger partial charge in [-0.2, -0.15) is 0 Å². The summed E-state index contributed by atoms with van der Waals surface area (Å²) in [5.41, 5.74) is 5.09. The molecule has 2 aromatic rings. The Hall–Kier alpha value is -2.63. The summed E-state index contributed by atoms with van der Waals surface area (Å²) in [5, 5.41) is 23.7. The molecular formula is C27H35NO4. The second-order valence-corrected chi connectivity index (χ2v) is 9.70. The maximum Gasteiger partial charge on any atom is 0.216 e. The Balaban J connectivity index is 1.93. The average molecular weight is 438 g/mol. The molecule has 3 atom stereocenters. The fourth-order valence-corrected chi connectivity index (χ4v) is 4.41. The van der Waals surface area contributed by atoms with E-state index >= 15 is 0 Å². The summed E-state index contributed by atoms with van der Waals surface area (Å²) in [6, 6.07) is 14.1. The summed E-state index contributed by atoms with van der Waals surface area (Å²) in [7, 11) is 0. The van der Waals surface area contributed by atoms with Crippen molar-refractivity contribution in [2.24, 2.45) is 5.41 Å². The molecule has 5 nitrogen and oxygen atoms in total. The molecule has 0 heterocycles. The van der Waals surface area contributed by atoms with Gasteiger partial charge in [0.05, 0.1) is 6.10 Å². The lowest BCUT2D eigenvalue weighted by molar-refractivity contribution is -0.118. The van der Waals surface area contributed by atoms with E-state index in [2.05, 4.69) is 37.9 Å². The van der Waals surface area contributed by atoms with Crippen molar-refractivity contribution >= 4 is 11.5 Å². The van der Waals surface area contributed by atoms with Gasteiger partial charge in [0, 0.05) is 13.5 Å². The number of aliphatic hydroxyl groups excluding tert-OH is 2. The normalized spacial score (nSPS) is 22.2. The first-order valence-corrected chi connectivity index (χ1v) is 11.2. The number of hydrogen-bond acceptors (Lipinski definition) is 4. The zero-order chi connectivity index (χ0) is 23.5. The van der Waals surface area contributed by atoms with Gasteiger partial charge in [0.1, 0.15) is 18.0 Å². The summed E-state index contributed by atoms with van der Waals surface area (Å²) >= 11 is 0. The van der Waals surface area contributed by atoms with Gasteiger partial charge in [-0.05, 0) is 72.1 Å². The van der Waals surface area contributed by atoms with E-state index in [4.69, 9.17) is 4.74 Å². The number of hydrogen-bond donors (Lipinski definition) is 3. The van der Waals surface area contributed by atoms with Gasteiger partial charge >= 0.3 is 0 Å². The molecule has 1 fully saturated rings. The maximum atomic E-state index is 11.3. The Kier molecular flexibility index (Phi) is 7.42. The minimum absolute atomic E-state index is 0.0526. The van der Waals surface area contributed by atoms with E-state index < -0.39 is 18.3 Å². The average Bonchev–Trinajstić information content (AvgIpc) is 2.72. The van der Waals surface area contributed by atoms with Crippen LogP contribution >= 0.6 is 0 Å². The number of amides is 1. The monoisotopic (exact) mass is 437 g/mol. The van der Waals surface area contributed by atoms with Crippen molar-refractivity contribution in [1.29, 1.82) is 0 Å². The molecule has 1 amide bonds. The van der Waals surface area contributed by atoms with Crippen LogP contribution in [0.5, 0.6) is 5.75 Å². The van der Waals surface area contributed by atoms with E-state index in [0.717, 1.165) is 27.8 Å². The summed E-state index contributed by atoms with van der Waals surface area (Å²) in [6.07, 6.45) is -0.298. The number of carbonyl (C=O) groups excluding carboxylic acids is 1. The van der Waals surface area contributed by atoms with Crippen LogP contribution in [0.3, 0.4) is 0 Å². The highest BCUT2D eigenvalue weighted by Crippen LogP contribution is 2.38. The molecule has 0 spiro atoms. The molecule has 5 heteroatoms. The lowest BCUT2D eigenvalue weighted by Gasteiger charge is -2.41. The first kappa shape index (κ1) is 24.0. The van der Waals surface area contributed by atoms with Crippen molar-refractivity contribution < 1.29 is 19.7 Å². The van der Waals surface area contributed by atoms with Gasteiger partial charge in [-0.3, -0.25) is 4.79 Å². The van der Waals surface area contributed by atoms with E-state index in [1.54, 1.807) is 0 Å². The molecule has 32 heavy (non-hydrogen) atoms. The molecule has 1 aliphatic carbocycles. The number of allylic oxidation sites excluding steroid dienone is 1. The van der Waals surface area contributed by atoms with E-state index in [9.17, 15) is 15.0 Å². The Labute approximate surface area is 191 Å². The minimum atomic E-state index is -0.919. The second-order valence-electron chi connectivity index (χ2n) is 9.70. The zero-order valence-electron chi connectivity index (χ0n) is 19.5. The molecule has 3 N–H and O–H groups in total. The number of benzene rings is 2. The SMILES string of the molecule is C=C(C)c1cccc(-c2cc(OC3CC(C)(C)CC(O)C3O)ccc2CCNC(C)=O)c1. The summed E-state index contributed by atoms with van der Waals surface area (Å²) in [4.78, 5) is 11.3. The van der Waals surface area contributed by atoms with Gasteiger partial charge in [0.2, 0.25) is 5.91 Å². The molecule has 3 rings (SSSR count). The van der Waals surface area contributed by atoms with E-state index in [1.165, 1.54) is 6.92 Å². The number of nitrogens with one attached hydrogen (secondary N) is 1. The third kappa shape index (κ3) is 5.99. The molecular weight excluding hydrogens is 402 g/mol. The molecule has 172 valence electrons. The van der Waals surface area contributed by atoms with Crippen molar-refractivity contribution in [2.75, 3.05) is 6.54 Å². The minimum Gasteiger partial charge on any atom is -0.488 e. The predicted octanol–water partition coefficient (Wildman–Crippen LogP) is 4.35. The predicted molar refractivity (Wildman–Crippen MR) is 128 cm³/mol. The van der Waals surface area contributed by atoms with Crippen LogP contribution in [0.15, 0.2) is 49.0 Å². The number of carbonyl (C=O) groups is 1. The van der Waals surface area contributed by atoms with E-state index in [1.807, 2.05) is 37.3 Å². The van der Waals surface area contributed by atoms with E-state index in [0.29, 0.717) is 31.6 Å². The number of rotatable bonds is 7. The van der Waals surface area contributed by atoms with Crippen LogP contribution < -0.4 is 10.1 Å². The van der Waals surface area contributed by atoms with Crippen molar-refractivity contribution in [3.63, 3.8) is 0 Å². The third-order valence-electron chi connectivity index (χ3n) is 6.09. The zero-order valence-corrected chi connectivity index (χ0v) is 19.5. The number of aliphatic hydroxyl groups is 2. The van der Waals surface area contributed by atoms with Gasteiger partial charge in [-0.25, -0.2) is 0 Å². The van der Waals surface area contributed by atoms with Crippen LogP contribution in [-0.4, -0.2) is 41.0 Å². The molecule has 0 radical (unpaired) electrons. The van der Waals surface area contributed by atoms with Crippen LogP contribution in [0.2, 0.25) is 0 Å². The Bertz CT molecular complexity index is 981. The third-order valence-corrected chi connectivity index (χ3v) is 6.09. The summed E-state index contributed by atoms with van der Waals surface area (Å²) in [5.74, 6) is 0.598. The Morgan fingerprint density at radius 3 is 2.59 bits per heavy atom. The molecule has 2 aromatic carbocycles. The first-order valence-electron chi connectivity index (χ1n) is 11.2. The second kappa shape index (κ2) is 9.88. The van der Waals surface area contributed by atoms with Gasteiger partial charge in [0.25, 0.3) is 0 Å². The Morgan fingerprint density at radius 2 is 1.91 bits per heavy atom. The molecule has 0 aromatic heterocycles. The Morgan fingerprint density at radius 1 is 1.16 bits per heavy atom. The van der Waals surface area contributed by atoms with Crippen molar-refractivity contribution in [1.82, 2.24) is 5.32 Å². The highest BCUT2D eigenvalue weighted by Gasteiger charge is 2.41. The molecule has 1 saturated carbocycles. The highest BCUT2D eigenvalue weighted by atomic mass is 16.5. The van der Waals surface area contributed by atoms with Crippen molar-refractivity contribution in [3.05, 3.63) is 60.2 Å². The summed E-state index contributed by atoms with van der Waals surface area (Å²) < 4.78 is 6.21. The number of ether oxygens (including phenoxy) is 1. The molecule has 0 bridgehead atoms. The topological polar surface area (TPSA) is 78.8 Å². The van der Waals surface area contributed by atoms with Gasteiger partial charge < -0.3 is 20.3 Å². The molecule has 1 aliphatic rings. The quantitative estimate of drug-likeness (QED) is 0.602. The van der Waals surface area contributed by atoms with Crippen LogP contribution in [0.4, 0.5) is 0 Å². The lowest BCUT2D eigenvalue weighted by Crippen LogP contribution is -2.49. The summed E-state index contributed by atoms with van der Waals surface area (Å²) in [6.45, 7) is 12.3. The van der Waals surface area contributed by atoms with Crippen molar-refractivity contribution in [3.8, 4) is 16.9 Å². The fourth-order valence-electron chi connectivity index (χ4n) is 4.41. The van der Waals surface area contributed by atoms with Crippen LogP contribution in [-0.2, 0) is 11.2 Å². The fraction of sp³-hybridized carbons (Fsp3) is 0.444. The lowest BCUT2D eigenvalue weighted by atomic mass is 9.73. The largest absolute Gasteiger partial charge is 0.488 e. The highest BCUT2D eigenvalue weighted by molar-refractivity contribution is 5.75. The smallest absolute Gasteiger partial charge is 0.216 e. The molecule has 3 unspecified atom stereocenters. The standard InChI is InChI=1S/C27H35NO4/c1-17(2)20-7-6-8-21(13-20)23-14-22(10-9-19(23)11-12-28-18(3)29)32-25-16-27(4,5)15-24(30)26(25)31/h6-10,13-14,24-26,30-31H,1,11-12,15-16H2,2-5H3,(H,28,29). The van der Waals surface area contributed by atoms with E-state index in [-0.39, 0.29) is 11.3 Å². The van der Waals surface area contributed by atoms with Crippen molar-refractivity contribution in [2.45, 2.75) is 65.3 Å². The van der Waals surface area contributed by atoms with Crippen LogP contribution in [0.1, 0.15) is 51.7 Å². The van der Waals surface area contributed by atoms with Gasteiger partial charge in [-0.1, -0.05) is 50.3 Å². The van der Waals surface area contributed by atoms with Gasteiger partial charge in [0.15, 0.2) is 0 Å². The first-order chi connectivity index (χ1) is 15.1. The van der Waals surface area contributed by atoms with Crippen LogP contribution in [0.25, 0.3) is 16.7 Å². The maximum absolute atomic E-state index is 11.3.